The summed E-state index contributed by atoms with van der Waals surface area (Å²) < 4.78 is 15.1. The number of imidazole rings is 1. The summed E-state index contributed by atoms with van der Waals surface area (Å²) in [6.45, 7) is 5.22. The third-order valence-electron chi connectivity index (χ3n) is 4.98. The Morgan fingerprint density at radius 2 is 1.90 bits per heavy atom. The molecule has 0 unspecified atom stereocenters. The molecule has 7 heteroatoms. The lowest BCUT2D eigenvalue weighted by atomic mass is 10.2. The van der Waals surface area contributed by atoms with Crippen LogP contribution in [-0.4, -0.2) is 38.3 Å². The summed E-state index contributed by atoms with van der Waals surface area (Å²) in [5.74, 6) is -0.247. The Balaban J connectivity index is 1.56. The van der Waals surface area contributed by atoms with Crippen molar-refractivity contribution in [2.45, 2.75) is 20.3 Å². The number of pyridine rings is 1. The van der Waals surface area contributed by atoms with Gasteiger partial charge in [-0.2, -0.15) is 0 Å². The summed E-state index contributed by atoms with van der Waals surface area (Å²) in [6.07, 6.45) is 6.23. The number of thiazole rings is 1. The molecule has 1 aromatic carbocycles. The highest BCUT2D eigenvalue weighted by atomic mass is 32.1. The fourth-order valence-electron chi connectivity index (χ4n) is 3.27. The molecular weight excluding hydrogens is 387 g/mol. The van der Waals surface area contributed by atoms with Crippen molar-refractivity contribution in [2.24, 2.45) is 0 Å². The lowest BCUT2D eigenvalue weighted by Gasteiger charge is -2.20. The minimum absolute atomic E-state index is 0.0258. The highest BCUT2D eigenvalue weighted by molar-refractivity contribution is 7.19. The molecule has 0 saturated heterocycles. The smallest absolute Gasteiger partial charge is 0.265 e. The number of amides is 1. The zero-order valence-corrected chi connectivity index (χ0v) is 17.1. The predicted octanol–water partition coefficient (Wildman–Crippen LogP) is 4.61. The summed E-state index contributed by atoms with van der Waals surface area (Å²) in [7, 11) is 0. The monoisotopic (exact) mass is 408 g/mol. The van der Waals surface area contributed by atoms with E-state index in [2.05, 4.69) is 9.97 Å². The third-order valence-corrected chi connectivity index (χ3v) is 6.12. The van der Waals surface area contributed by atoms with E-state index < -0.39 is 0 Å². The van der Waals surface area contributed by atoms with Gasteiger partial charge in [-0.25, -0.2) is 9.37 Å². The van der Waals surface area contributed by atoms with Gasteiger partial charge in [0.2, 0.25) is 0 Å². The summed E-state index contributed by atoms with van der Waals surface area (Å²) in [5, 5.41) is 0. The minimum Gasteiger partial charge on any atom is -0.338 e. The van der Waals surface area contributed by atoms with Gasteiger partial charge in [-0.15, -0.1) is 0 Å². The molecule has 0 aliphatic carbocycles. The summed E-state index contributed by atoms with van der Waals surface area (Å²) >= 11 is 1.39. The van der Waals surface area contributed by atoms with E-state index in [0.29, 0.717) is 18.0 Å². The van der Waals surface area contributed by atoms with Crippen molar-refractivity contribution in [1.82, 2.24) is 19.3 Å². The largest absolute Gasteiger partial charge is 0.338 e. The Labute approximate surface area is 172 Å². The van der Waals surface area contributed by atoms with Crippen LogP contribution in [0.25, 0.3) is 16.2 Å². The van der Waals surface area contributed by atoms with Crippen LogP contribution >= 0.6 is 11.3 Å². The number of benzene rings is 1. The van der Waals surface area contributed by atoms with E-state index in [0.717, 1.165) is 33.9 Å². The molecule has 0 aliphatic heterocycles. The fourth-order valence-corrected chi connectivity index (χ4v) is 4.35. The number of fused-ring (bicyclic) bond motifs is 1. The number of halogens is 1. The maximum absolute atomic E-state index is 13.2. The number of nitrogens with zero attached hydrogens (tertiary/aromatic N) is 4. The van der Waals surface area contributed by atoms with Gasteiger partial charge in [-0.3, -0.25) is 14.2 Å². The molecule has 3 aromatic heterocycles. The third kappa shape index (κ3) is 3.91. The van der Waals surface area contributed by atoms with Crippen LogP contribution in [0.2, 0.25) is 0 Å². The number of hydrogen-bond acceptors (Lipinski definition) is 4. The zero-order chi connectivity index (χ0) is 20.4. The van der Waals surface area contributed by atoms with E-state index in [1.54, 1.807) is 24.5 Å². The second-order valence-electron chi connectivity index (χ2n) is 6.79. The number of aromatic nitrogens is 3. The Morgan fingerprint density at radius 3 is 2.55 bits per heavy atom. The topological polar surface area (TPSA) is 50.5 Å². The Bertz CT molecular complexity index is 1140. The van der Waals surface area contributed by atoms with Gasteiger partial charge in [0.1, 0.15) is 10.7 Å². The average Bonchev–Trinajstić information content (AvgIpc) is 3.29. The number of likely N-dealkylation sites (N-methyl/N-ethyl adjacent to an activating group) is 1. The van der Waals surface area contributed by atoms with E-state index in [1.165, 1.54) is 23.5 Å². The molecule has 0 bridgehead atoms. The van der Waals surface area contributed by atoms with Crippen molar-refractivity contribution in [2.75, 3.05) is 13.1 Å². The normalized spacial score (nSPS) is 11.1. The Kier molecular flexibility index (Phi) is 5.40. The van der Waals surface area contributed by atoms with Gasteiger partial charge < -0.3 is 4.90 Å². The van der Waals surface area contributed by atoms with Crippen molar-refractivity contribution in [3.05, 3.63) is 76.9 Å². The van der Waals surface area contributed by atoms with Crippen molar-refractivity contribution in [3.63, 3.8) is 0 Å². The van der Waals surface area contributed by atoms with E-state index in [9.17, 15) is 9.18 Å². The van der Waals surface area contributed by atoms with Gasteiger partial charge in [0.15, 0.2) is 4.96 Å². The van der Waals surface area contributed by atoms with Gasteiger partial charge in [-0.05, 0) is 62.2 Å². The molecule has 0 spiro atoms. The first-order chi connectivity index (χ1) is 14.1. The van der Waals surface area contributed by atoms with Gasteiger partial charge in [0.25, 0.3) is 5.91 Å². The van der Waals surface area contributed by atoms with E-state index in [1.807, 2.05) is 41.5 Å². The quantitative estimate of drug-likeness (QED) is 0.468. The van der Waals surface area contributed by atoms with Gasteiger partial charge in [0.05, 0.1) is 5.69 Å². The number of aryl methyl sites for hydroxylation is 1. The number of hydrogen-bond donors (Lipinski definition) is 0. The van der Waals surface area contributed by atoms with Crippen molar-refractivity contribution >= 4 is 22.2 Å². The molecule has 1 amide bonds. The molecule has 0 aliphatic rings. The maximum atomic E-state index is 13.2. The van der Waals surface area contributed by atoms with Crippen molar-refractivity contribution in [1.29, 1.82) is 0 Å². The molecule has 29 heavy (non-hydrogen) atoms. The average molecular weight is 409 g/mol. The summed E-state index contributed by atoms with van der Waals surface area (Å²) in [4.78, 5) is 25.1. The molecule has 4 rings (SSSR count). The molecular formula is C22H21FN4OS. The van der Waals surface area contributed by atoms with E-state index in [-0.39, 0.29) is 11.7 Å². The number of carbonyl (C=O) groups excluding carboxylic acids is 1. The SMILES string of the molecule is CCN(CCc1ccncc1)C(=O)c1sc2nc(-c3ccc(F)cc3)cn2c1C. The minimum atomic E-state index is -0.273. The van der Waals surface area contributed by atoms with Crippen LogP contribution < -0.4 is 0 Å². The van der Waals surface area contributed by atoms with Crippen LogP contribution in [0.3, 0.4) is 0 Å². The van der Waals surface area contributed by atoms with E-state index in [4.69, 9.17) is 0 Å². The summed E-state index contributed by atoms with van der Waals surface area (Å²) in [5.41, 5.74) is 3.65. The summed E-state index contributed by atoms with van der Waals surface area (Å²) in [6, 6.07) is 10.2. The maximum Gasteiger partial charge on any atom is 0.265 e. The molecule has 0 radical (unpaired) electrons. The van der Waals surface area contributed by atoms with Crippen molar-refractivity contribution < 1.29 is 9.18 Å². The molecule has 4 aromatic rings. The van der Waals surface area contributed by atoms with Gasteiger partial charge >= 0.3 is 0 Å². The fraction of sp³-hybridized carbons (Fsp3) is 0.227. The highest BCUT2D eigenvalue weighted by Crippen LogP contribution is 2.28. The van der Waals surface area contributed by atoms with Gasteiger partial charge in [0, 0.05) is 42.9 Å². The standard InChI is InChI=1S/C22H21FN4OS/c1-3-26(13-10-16-8-11-24-12-9-16)21(28)20-15(2)27-14-19(25-22(27)29-20)17-4-6-18(23)7-5-17/h4-9,11-12,14H,3,10,13H2,1-2H3. The van der Waals surface area contributed by atoms with E-state index >= 15 is 0 Å². The van der Waals surface area contributed by atoms with Crippen LogP contribution in [0.15, 0.2) is 55.0 Å². The first kappa shape index (κ1) is 19.3. The first-order valence-corrected chi connectivity index (χ1v) is 10.3. The van der Waals surface area contributed by atoms with Crippen LogP contribution in [0, 0.1) is 12.7 Å². The molecule has 148 valence electrons. The Morgan fingerprint density at radius 1 is 1.17 bits per heavy atom. The highest BCUT2D eigenvalue weighted by Gasteiger charge is 2.22. The van der Waals surface area contributed by atoms with Crippen LogP contribution in [0.5, 0.6) is 0 Å². The van der Waals surface area contributed by atoms with Crippen molar-refractivity contribution in [3.8, 4) is 11.3 Å². The molecule has 3 heterocycles. The molecule has 0 saturated carbocycles. The molecule has 0 atom stereocenters. The number of carbonyl (C=O) groups is 1. The second-order valence-corrected chi connectivity index (χ2v) is 7.77. The van der Waals surface area contributed by atoms with Crippen LogP contribution in [-0.2, 0) is 6.42 Å². The predicted molar refractivity (Wildman–Crippen MR) is 113 cm³/mol. The van der Waals surface area contributed by atoms with Crippen LogP contribution in [0.4, 0.5) is 4.39 Å². The van der Waals surface area contributed by atoms with Crippen LogP contribution in [0.1, 0.15) is 27.9 Å². The molecule has 0 fully saturated rings. The first-order valence-electron chi connectivity index (χ1n) is 9.49. The molecule has 0 N–H and O–H groups in total. The number of rotatable bonds is 6. The zero-order valence-electron chi connectivity index (χ0n) is 16.3. The Hall–Kier alpha value is -3.06. The molecule has 5 nitrogen and oxygen atoms in total. The lowest BCUT2D eigenvalue weighted by molar-refractivity contribution is 0.0770. The van der Waals surface area contributed by atoms with Gasteiger partial charge in [-0.1, -0.05) is 11.3 Å². The second kappa shape index (κ2) is 8.13. The lowest BCUT2D eigenvalue weighted by Crippen LogP contribution is -2.32.